The molecular weight excluding hydrogens is 576 g/mol. The normalized spacial score (nSPS) is 11.1. The fraction of sp³-hybridized carbons (Fsp3) is 0.214. The van der Waals surface area contributed by atoms with E-state index in [0.717, 1.165) is 82.3 Å². The molecule has 5 nitrogen and oxygen atoms in total. The number of phenolic OH excluding ortho intramolecular Hbond substituents is 1. The van der Waals surface area contributed by atoms with Gasteiger partial charge in [-0.15, -0.1) is 0 Å². The van der Waals surface area contributed by atoms with Gasteiger partial charge in [0.25, 0.3) is 0 Å². The van der Waals surface area contributed by atoms with E-state index in [9.17, 15) is 5.11 Å². The van der Waals surface area contributed by atoms with E-state index in [-0.39, 0.29) is 5.75 Å². The number of hydrogen-bond donors (Lipinski definition) is 1. The third-order valence-electron chi connectivity index (χ3n) is 9.17. The van der Waals surface area contributed by atoms with E-state index in [0.29, 0.717) is 0 Å². The van der Waals surface area contributed by atoms with E-state index in [4.69, 9.17) is 4.98 Å². The van der Waals surface area contributed by atoms with Crippen LogP contribution in [0, 0.1) is 0 Å². The van der Waals surface area contributed by atoms with Crippen LogP contribution in [0.4, 0.5) is 11.4 Å². The maximum absolute atomic E-state index is 11.6. The Morgan fingerprint density at radius 1 is 0.532 bits per heavy atom. The minimum atomic E-state index is 0.264. The first-order valence-electron chi connectivity index (χ1n) is 16.7. The Hall–Kier alpha value is -5.29. The fourth-order valence-corrected chi connectivity index (χ4v) is 6.57. The Kier molecular flexibility index (Phi) is 9.44. The van der Waals surface area contributed by atoms with Crippen molar-refractivity contribution >= 4 is 11.4 Å². The van der Waals surface area contributed by atoms with Crippen LogP contribution in [-0.4, -0.2) is 40.8 Å². The molecule has 47 heavy (non-hydrogen) atoms. The molecule has 0 amide bonds. The lowest BCUT2D eigenvalue weighted by Gasteiger charge is -2.21. The van der Waals surface area contributed by atoms with Crippen LogP contribution in [0.15, 0.2) is 121 Å². The van der Waals surface area contributed by atoms with Gasteiger partial charge in [-0.25, -0.2) is 4.98 Å². The number of imidazole rings is 1. The Balaban J connectivity index is 1.57. The van der Waals surface area contributed by atoms with Gasteiger partial charge in [-0.1, -0.05) is 84.9 Å². The molecule has 0 atom stereocenters. The van der Waals surface area contributed by atoms with E-state index >= 15 is 0 Å². The van der Waals surface area contributed by atoms with Crippen LogP contribution in [0.2, 0.25) is 0 Å². The van der Waals surface area contributed by atoms with Crippen LogP contribution in [0.25, 0.3) is 56.2 Å². The van der Waals surface area contributed by atoms with E-state index in [1.165, 1.54) is 11.4 Å². The third kappa shape index (κ3) is 6.26. The molecule has 0 bridgehead atoms. The number of aromatic nitrogens is 2. The summed E-state index contributed by atoms with van der Waals surface area (Å²) < 4.78 is 2.20. The summed E-state index contributed by atoms with van der Waals surface area (Å²) in [5.41, 5.74) is 11.0. The minimum absolute atomic E-state index is 0.264. The third-order valence-corrected chi connectivity index (χ3v) is 9.17. The quantitative estimate of drug-likeness (QED) is 0.157. The van der Waals surface area contributed by atoms with Gasteiger partial charge in [-0.2, -0.15) is 0 Å². The van der Waals surface area contributed by atoms with Crippen molar-refractivity contribution in [1.29, 1.82) is 0 Å². The van der Waals surface area contributed by atoms with Crippen molar-refractivity contribution < 1.29 is 5.11 Å². The molecule has 5 heteroatoms. The van der Waals surface area contributed by atoms with Crippen molar-refractivity contribution in [3.63, 3.8) is 0 Å². The number of aromatic hydroxyl groups is 1. The van der Waals surface area contributed by atoms with Crippen molar-refractivity contribution in [2.24, 2.45) is 7.05 Å². The number of benzene rings is 5. The van der Waals surface area contributed by atoms with Crippen molar-refractivity contribution in [2.45, 2.75) is 27.7 Å². The van der Waals surface area contributed by atoms with Crippen LogP contribution < -0.4 is 9.80 Å². The summed E-state index contributed by atoms with van der Waals surface area (Å²) in [6.07, 6.45) is 0. The number of hydrogen-bond acceptors (Lipinski definition) is 4. The SMILES string of the molecule is CCN(CC)c1ccc(-c2nc(-c3cc(-c4ccccc4)c(O)c(-c4ccccc4)c3)n(C)c2-c2ccc(N(CC)CC)cc2)cc1. The zero-order valence-corrected chi connectivity index (χ0v) is 28.1. The summed E-state index contributed by atoms with van der Waals surface area (Å²) in [5.74, 6) is 1.10. The van der Waals surface area contributed by atoms with Crippen LogP contribution >= 0.6 is 0 Å². The average molecular weight is 621 g/mol. The molecule has 0 aliphatic carbocycles. The van der Waals surface area contributed by atoms with Crippen molar-refractivity contribution in [1.82, 2.24) is 9.55 Å². The molecule has 0 aliphatic heterocycles. The van der Waals surface area contributed by atoms with Gasteiger partial charge in [0, 0.05) is 72.4 Å². The van der Waals surface area contributed by atoms with Gasteiger partial charge in [0.2, 0.25) is 0 Å². The standard InChI is InChI=1S/C42H44N4O/c1-6-45(7-2)35-24-20-32(21-25-35)39-40(33-22-26-36(27-23-33)46(8-3)9-4)44(5)42(43-39)34-28-37(30-16-12-10-13-17-30)41(47)38(29-34)31-18-14-11-15-19-31/h10-29,47H,6-9H2,1-5H3. The van der Waals surface area contributed by atoms with Crippen molar-refractivity contribution in [3.8, 4) is 61.9 Å². The highest BCUT2D eigenvalue weighted by molar-refractivity contribution is 5.89. The molecule has 1 aromatic heterocycles. The summed E-state index contributed by atoms with van der Waals surface area (Å²) in [7, 11) is 2.10. The van der Waals surface area contributed by atoms with E-state index in [1.54, 1.807) is 0 Å². The second kappa shape index (κ2) is 14.0. The highest BCUT2D eigenvalue weighted by atomic mass is 16.3. The summed E-state index contributed by atoms with van der Waals surface area (Å²) in [4.78, 5) is 10.1. The maximum atomic E-state index is 11.6. The first-order chi connectivity index (χ1) is 23.0. The van der Waals surface area contributed by atoms with Gasteiger partial charge >= 0.3 is 0 Å². The molecule has 6 aromatic rings. The Morgan fingerprint density at radius 2 is 0.957 bits per heavy atom. The monoisotopic (exact) mass is 620 g/mol. The Morgan fingerprint density at radius 3 is 1.38 bits per heavy atom. The van der Waals surface area contributed by atoms with Crippen molar-refractivity contribution in [2.75, 3.05) is 36.0 Å². The molecular formula is C42H44N4O. The van der Waals surface area contributed by atoms with E-state index in [1.807, 2.05) is 60.7 Å². The largest absolute Gasteiger partial charge is 0.507 e. The molecule has 238 valence electrons. The molecule has 0 unspecified atom stereocenters. The number of anilines is 2. The second-order valence-electron chi connectivity index (χ2n) is 11.8. The maximum Gasteiger partial charge on any atom is 0.140 e. The molecule has 0 saturated carbocycles. The van der Waals surface area contributed by atoms with Gasteiger partial charge < -0.3 is 19.5 Å². The highest BCUT2D eigenvalue weighted by Crippen LogP contribution is 2.43. The highest BCUT2D eigenvalue weighted by Gasteiger charge is 2.22. The average Bonchev–Trinajstić information content (AvgIpc) is 3.47. The molecule has 0 spiro atoms. The topological polar surface area (TPSA) is 44.5 Å². The minimum Gasteiger partial charge on any atom is -0.507 e. The van der Waals surface area contributed by atoms with Gasteiger partial charge in [-0.05, 0) is 75.2 Å². The zero-order valence-electron chi connectivity index (χ0n) is 28.1. The van der Waals surface area contributed by atoms with Crippen LogP contribution in [0.1, 0.15) is 27.7 Å². The van der Waals surface area contributed by atoms with Crippen LogP contribution in [0.5, 0.6) is 5.75 Å². The molecule has 0 fully saturated rings. The van der Waals surface area contributed by atoms with Gasteiger partial charge in [0.15, 0.2) is 0 Å². The lowest BCUT2D eigenvalue weighted by molar-refractivity contribution is 0.479. The number of rotatable bonds is 11. The van der Waals surface area contributed by atoms with E-state index < -0.39 is 0 Å². The fourth-order valence-electron chi connectivity index (χ4n) is 6.57. The van der Waals surface area contributed by atoms with Crippen LogP contribution in [-0.2, 0) is 7.05 Å². The lowest BCUT2D eigenvalue weighted by atomic mass is 9.94. The predicted molar refractivity (Wildman–Crippen MR) is 199 cm³/mol. The predicted octanol–water partition coefficient (Wildman–Crippen LogP) is 10.2. The second-order valence-corrected chi connectivity index (χ2v) is 11.8. The van der Waals surface area contributed by atoms with Crippen molar-refractivity contribution in [3.05, 3.63) is 121 Å². The van der Waals surface area contributed by atoms with Gasteiger partial charge in [0.1, 0.15) is 11.6 Å². The molecule has 0 saturated heterocycles. The number of nitrogens with zero attached hydrogens (tertiary/aromatic N) is 4. The Labute approximate surface area is 279 Å². The summed E-state index contributed by atoms with van der Waals surface area (Å²) in [6.45, 7) is 12.6. The Bertz CT molecular complexity index is 1860. The zero-order chi connectivity index (χ0) is 32.9. The van der Waals surface area contributed by atoms with Crippen LogP contribution in [0.3, 0.4) is 0 Å². The molecule has 6 rings (SSSR count). The molecule has 1 heterocycles. The smallest absolute Gasteiger partial charge is 0.140 e. The first-order valence-corrected chi connectivity index (χ1v) is 16.7. The first kappa shape index (κ1) is 31.7. The molecule has 0 radical (unpaired) electrons. The summed E-state index contributed by atoms with van der Waals surface area (Å²) in [5, 5.41) is 11.6. The lowest BCUT2D eigenvalue weighted by Crippen LogP contribution is -2.21. The molecule has 5 aromatic carbocycles. The number of phenols is 1. The summed E-state index contributed by atoms with van der Waals surface area (Å²) in [6, 6.07) is 41.9. The summed E-state index contributed by atoms with van der Waals surface area (Å²) >= 11 is 0. The van der Waals surface area contributed by atoms with Gasteiger partial charge in [0.05, 0.1) is 11.4 Å². The van der Waals surface area contributed by atoms with E-state index in [2.05, 4.69) is 110 Å². The molecule has 1 N–H and O–H groups in total. The van der Waals surface area contributed by atoms with Gasteiger partial charge in [-0.3, -0.25) is 0 Å². The molecule has 0 aliphatic rings.